The number of carbonyl (C=O) groups excluding carboxylic acids is 2. The third-order valence-corrected chi connectivity index (χ3v) is 6.17. The monoisotopic (exact) mass is 512 g/mol. The summed E-state index contributed by atoms with van der Waals surface area (Å²) in [7, 11) is 8.85. The number of carbonyl (C=O) groups is 2. The maximum absolute atomic E-state index is 14.0. The van der Waals surface area contributed by atoms with Crippen LogP contribution in [0.4, 0.5) is 11.4 Å². The molecule has 2 heterocycles. The number of β-lactam (4-membered cyclic amide) rings is 1. The maximum Gasteiger partial charge on any atom is 0.259 e. The number of rotatable bonds is 10. The van der Waals surface area contributed by atoms with Crippen molar-refractivity contribution in [2.24, 2.45) is 0 Å². The van der Waals surface area contributed by atoms with E-state index in [2.05, 4.69) is 5.32 Å². The molecule has 37 heavy (non-hydrogen) atoms. The van der Waals surface area contributed by atoms with Crippen LogP contribution in [0.3, 0.4) is 0 Å². The van der Waals surface area contributed by atoms with Crippen LogP contribution < -0.4 is 38.6 Å². The highest BCUT2D eigenvalue weighted by atomic mass is 16.5. The lowest BCUT2D eigenvalue weighted by Crippen LogP contribution is -2.67. The van der Waals surface area contributed by atoms with Gasteiger partial charge in [-0.15, -0.1) is 0 Å². The van der Waals surface area contributed by atoms with Gasteiger partial charge in [0.1, 0.15) is 5.76 Å². The predicted octanol–water partition coefficient (Wildman–Crippen LogP) is 3.60. The van der Waals surface area contributed by atoms with Gasteiger partial charge in [-0.3, -0.25) is 14.5 Å². The molecule has 11 nitrogen and oxygen atoms in total. The van der Waals surface area contributed by atoms with Gasteiger partial charge < -0.3 is 38.2 Å². The summed E-state index contributed by atoms with van der Waals surface area (Å²) >= 11 is 0. The zero-order valence-corrected chi connectivity index (χ0v) is 21.4. The van der Waals surface area contributed by atoms with Crippen LogP contribution in [0.2, 0.25) is 0 Å². The van der Waals surface area contributed by atoms with Gasteiger partial charge in [0.05, 0.1) is 61.0 Å². The Labute approximate surface area is 213 Å². The first kappa shape index (κ1) is 25.5. The lowest BCUT2D eigenvalue weighted by Gasteiger charge is -2.49. The lowest BCUT2D eigenvalue weighted by atomic mass is 9.79. The summed E-state index contributed by atoms with van der Waals surface area (Å²) < 4.78 is 38.1. The summed E-state index contributed by atoms with van der Waals surface area (Å²) in [5.74, 6) is 1.57. The van der Waals surface area contributed by atoms with E-state index in [0.29, 0.717) is 45.9 Å². The Bertz CT molecular complexity index is 1260. The predicted molar refractivity (Wildman–Crippen MR) is 133 cm³/mol. The van der Waals surface area contributed by atoms with Gasteiger partial charge in [0, 0.05) is 30.0 Å². The molecule has 1 aliphatic rings. The molecule has 3 aromatic rings. The fourth-order valence-corrected chi connectivity index (χ4v) is 4.45. The molecule has 0 radical (unpaired) electrons. The van der Waals surface area contributed by atoms with Crippen molar-refractivity contribution in [2.75, 3.05) is 52.9 Å². The first-order chi connectivity index (χ1) is 17.9. The van der Waals surface area contributed by atoms with Crippen molar-refractivity contribution in [1.29, 1.82) is 0 Å². The number of amides is 2. The molecule has 11 heteroatoms. The Hall–Kier alpha value is -4.54. The Balaban J connectivity index is 1.81. The van der Waals surface area contributed by atoms with E-state index >= 15 is 0 Å². The van der Waals surface area contributed by atoms with E-state index in [4.69, 9.17) is 32.8 Å². The molecule has 1 atom stereocenters. The molecule has 196 valence electrons. The maximum atomic E-state index is 14.0. The molecule has 1 saturated heterocycles. The number of benzene rings is 2. The van der Waals surface area contributed by atoms with Gasteiger partial charge >= 0.3 is 0 Å². The highest BCUT2D eigenvalue weighted by molar-refractivity contribution is 6.17. The van der Waals surface area contributed by atoms with Crippen molar-refractivity contribution in [1.82, 2.24) is 0 Å². The quantitative estimate of drug-likeness (QED) is 0.407. The Morgan fingerprint density at radius 1 is 0.838 bits per heavy atom. The number of methoxy groups -OCH3 is 6. The average molecular weight is 513 g/mol. The first-order valence-corrected chi connectivity index (χ1v) is 11.2. The van der Waals surface area contributed by atoms with Gasteiger partial charge in [-0.05, 0) is 12.1 Å². The van der Waals surface area contributed by atoms with Crippen LogP contribution in [0.15, 0.2) is 47.1 Å². The smallest absolute Gasteiger partial charge is 0.259 e. The standard InChI is InChI=1S/C26H28N2O9/c1-31-17-10-15(11-18(32-2)23(17)35-5)27-25(30)26(21-8-7-9-37-21)14-22(29)28(26)16-12-19(33-3)24(36-6)20(13-16)34-4/h7-13H,14H2,1-6H3,(H,27,30). The zero-order valence-electron chi connectivity index (χ0n) is 21.4. The topological polar surface area (TPSA) is 118 Å². The van der Waals surface area contributed by atoms with Crippen LogP contribution in [-0.2, 0) is 15.1 Å². The summed E-state index contributed by atoms with van der Waals surface area (Å²) in [6.07, 6.45) is 1.31. The van der Waals surface area contributed by atoms with Crippen molar-refractivity contribution in [2.45, 2.75) is 12.0 Å². The zero-order chi connectivity index (χ0) is 26.7. The van der Waals surface area contributed by atoms with E-state index < -0.39 is 11.4 Å². The van der Waals surface area contributed by atoms with Crippen LogP contribution in [0.5, 0.6) is 34.5 Å². The molecule has 4 rings (SSSR count). The normalized spacial score (nSPS) is 16.5. The number of hydrogen-bond donors (Lipinski definition) is 1. The molecule has 1 aromatic heterocycles. The van der Waals surface area contributed by atoms with Crippen LogP contribution in [-0.4, -0.2) is 54.5 Å². The van der Waals surface area contributed by atoms with Gasteiger partial charge in [0.25, 0.3) is 5.91 Å². The fourth-order valence-electron chi connectivity index (χ4n) is 4.45. The molecule has 1 N–H and O–H groups in total. The van der Waals surface area contributed by atoms with Gasteiger partial charge in [-0.1, -0.05) is 0 Å². The number of anilines is 2. The molecule has 1 unspecified atom stereocenters. The Kier molecular flexibility index (Phi) is 7.05. The van der Waals surface area contributed by atoms with Crippen LogP contribution >= 0.6 is 0 Å². The largest absolute Gasteiger partial charge is 0.493 e. The third kappa shape index (κ3) is 4.11. The summed E-state index contributed by atoms with van der Waals surface area (Å²) in [5.41, 5.74) is -0.761. The second kappa shape index (κ2) is 10.2. The van der Waals surface area contributed by atoms with Gasteiger partial charge in [-0.25, -0.2) is 0 Å². The molecular weight excluding hydrogens is 484 g/mol. The second-order valence-corrected chi connectivity index (χ2v) is 8.00. The van der Waals surface area contributed by atoms with Crippen molar-refractivity contribution < 1.29 is 42.4 Å². The highest BCUT2D eigenvalue weighted by Crippen LogP contribution is 2.50. The number of furan rings is 1. The van der Waals surface area contributed by atoms with Crippen molar-refractivity contribution in [3.8, 4) is 34.5 Å². The molecule has 0 spiro atoms. The molecule has 0 aliphatic carbocycles. The van der Waals surface area contributed by atoms with E-state index in [0.717, 1.165) is 0 Å². The minimum atomic E-state index is -1.49. The first-order valence-electron chi connectivity index (χ1n) is 11.2. The van der Waals surface area contributed by atoms with Crippen molar-refractivity contribution >= 4 is 23.2 Å². The second-order valence-electron chi connectivity index (χ2n) is 8.00. The van der Waals surface area contributed by atoms with Gasteiger partial charge in [0.15, 0.2) is 28.5 Å². The minimum absolute atomic E-state index is 0.132. The van der Waals surface area contributed by atoms with Crippen LogP contribution in [0.25, 0.3) is 0 Å². The molecule has 0 bridgehead atoms. The molecule has 2 aromatic carbocycles. The van der Waals surface area contributed by atoms with Gasteiger partial charge in [-0.2, -0.15) is 0 Å². The molecule has 1 fully saturated rings. The number of nitrogens with one attached hydrogen (secondary N) is 1. The SMILES string of the molecule is COc1cc(NC(=O)C2(c3ccco3)CC(=O)N2c2cc(OC)c(OC)c(OC)c2)cc(OC)c1OC. The summed E-state index contributed by atoms with van der Waals surface area (Å²) in [4.78, 5) is 28.4. The average Bonchev–Trinajstić information content (AvgIpc) is 3.45. The van der Waals surface area contributed by atoms with Gasteiger partial charge in [0.2, 0.25) is 17.4 Å². The van der Waals surface area contributed by atoms with E-state index in [1.54, 1.807) is 36.4 Å². The third-order valence-electron chi connectivity index (χ3n) is 6.17. The highest BCUT2D eigenvalue weighted by Gasteiger charge is 2.61. The van der Waals surface area contributed by atoms with E-state index in [1.165, 1.54) is 53.8 Å². The molecular formula is C26H28N2O9. The number of hydrogen-bond acceptors (Lipinski definition) is 9. The Morgan fingerprint density at radius 2 is 1.35 bits per heavy atom. The lowest BCUT2D eigenvalue weighted by molar-refractivity contribution is -0.138. The summed E-state index contributed by atoms with van der Waals surface area (Å²) in [5, 5.41) is 2.88. The van der Waals surface area contributed by atoms with E-state index in [-0.39, 0.29) is 18.1 Å². The molecule has 0 saturated carbocycles. The Morgan fingerprint density at radius 3 is 1.76 bits per heavy atom. The summed E-state index contributed by atoms with van der Waals surface area (Å²) in [6.45, 7) is 0. The summed E-state index contributed by atoms with van der Waals surface area (Å²) in [6, 6.07) is 9.69. The van der Waals surface area contributed by atoms with Crippen molar-refractivity contribution in [3.05, 3.63) is 48.4 Å². The van der Waals surface area contributed by atoms with E-state index in [1.807, 2.05) is 0 Å². The van der Waals surface area contributed by atoms with Crippen molar-refractivity contribution in [3.63, 3.8) is 0 Å². The van der Waals surface area contributed by atoms with Crippen LogP contribution in [0, 0.1) is 0 Å². The fraction of sp³-hybridized carbons (Fsp3) is 0.308. The molecule has 1 aliphatic heterocycles. The van der Waals surface area contributed by atoms with E-state index in [9.17, 15) is 9.59 Å². The minimum Gasteiger partial charge on any atom is -0.493 e. The number of nitrogens with zero attached hydrogens (tertiary/aromatic N) is 1. The molecule has 2 amide bonds. The van der Waals surface area contributed by atoms with Crippen LogP contribution in [0.1, 0.15) is 12.2 Å². The number of ether oxygens (including phenoxy) is 6.